The highest BCUT2D eigenvalue weighted by atomic mass is 16.4. The van der Waals surface area contributed by atoms with E-state index in [-0.39, 0.29) is 12.1 Å². The van der Waals surface area contributed by atoms with E-state index in [4.69, 9.17) is 5.11 Å². The van der Waals surface area contributed by atoms with E-state index >= 15 is 0 Å². The Bertz CT molecular complexity index is 370. The average Bonchev–Trinajstić information content (AvgIpc) is 2.07. The minimum atomic E-state index is -1.08. The summed E-state index contributed by atoms with van der Waals surface area (Å²) in [4.78, 5) is 23.6. The lowest BCUT2D eigenvalue weighted by molar-refractivity contribution is 0.194. The molecule has 1 aromatic rings. The van der Waals surface area contributed by atoms with Crippen molar-refractivity contribution in [3.05, 3.63) is 33.7 Å². The third-order valence-electron chi connectivity index (χ3n) is 1.59. The predicted molar refractivity (Wildman–Crippen MR) is 46.7 cm³/mol. The van der Waals surface area contributed by atoms with Gasteiger partial charge in [0.1, 0.15) is 0 Å². The number of rotatable bonds is 2. The summed E-state index contributed by atoms with van der Waals surface area (Å²) in [7, 11) is 0. The number of pyridine rings is 1. The van der Waals surface area contributed by atoms with E-state index < -0.39 is 6.09 Å². The molecular weight excluding hydrogens is 172 g/mol. The molecule has 3 N–H and O–H groups in total. The van der Waals surface area contributed by atoms with Gasteiger partial charge in [0.15, 0.2) is 0 Å². The standard InChI is InChI=1S/C8H10N2O3/c1-5-2-6(3-9-7(5)11)4-10-8(12)13/h2-3,10H,4H2,1H3,(H,9,11)(H,12,13). The fourth-order valence-corrected chi connectivity index (χ4v) is 0.937. The van der Waals surface area contributed by atoms with Crippen molar-refractivity contribution in [3.63, 3.8) is 0 Å². The topological polar surface area (TPSA) is 82.2 Å². The molecule has 5 nitrogen and oxygen atoms in total. The van der Waals surface area contributed by atoms with Crippen molar-refractivity contribution in [2.24, 2.45) is 0 Å². The summed E-state index contributed by atoms with van der Waals surface area (Å²) in [6.07, 6.45) is 0.412. The highest BCUT2D eigenvalue weighted by molar-refractivity contribution is 5.64. The number of hydrogen-bond donors (Lipinski definition) is 3. The van der Waals surface area contributed by atoms with Gasteiger partial charge in [0.2, 0.25) is 0 Å². The van der Waals surface area contributed by atoms with Gasteiger partial charge in [-0.3, -0.25) is 4.79 Å². The van der Waals surface area contributed by atoms with Gasteiger partial charge >= 0.3 is 6.09 Å². The fourth-order valence-electron chi connectivity index (χ4n) is 0.937. The van der Waals surface area contributed by atoms with Crippen LogP contribution < -0.4 is 10.9 Å². The molecule has 0 aromatic carbocycles. The first-order chi connectivity index (χ1) is 6.09. The van der Waals surface area contributed by atoms with Gasteiger partial charge in [-0.2, -0.15) is 0 Å². The van der Waals surface area contributed by atoms with Gasteiger partial charge in [-0.1, -0.05) is 0 Å². The fraction of sp³-hybridized carbons (Fsp3) is 0.250. The van der Waals surface area contributed by atoms with Gasteiger partial charge in [0.25, 0.3) is 5.56 Å². The number of aromatic nitrogens is 1. The number of nitrogens with one attached hydrogen (secondary N) is 2. The van der Waals surface area contributed by atoms with Crippen molar-refractivity contribution in [2.75, 3.05) is 0 Å². The first kappa shape index (κ1) is 9.31. The maximum absolute atomic E-state index is 10.9. The van der Waals surface area contributed by atoms with E-state index in [1.165, 1.54) is 6.20 Å². The number of aromatic amines is 1. The molecule has 0 saturated heterocycles. The van der Waals surface area contributed by atoms with Crippen LogP contribution in [-0.2, 0) is 6.54 Å². The zero-order chi connectivity index (χ0) is 9.84. The summed E-state index contributed by atoms with van der Waals surface area (Å²) in [6.45, 7) is 1.87. The molecule has 0 saturated carbocycles. The monoisotopic (exact) mass is 182 g/mol. The maximum Gasteiger partial charge on any atom is 0.404 e. The molecule has 0 radical (unpaired) electrons. The van der Waals surface area contributed by atoms with Crippen molar-refractivity contribution in [2.45, 2.75) is 13.5 Å². The first-order valence-corrected chi connectivity index (χ1v) is 3.74. The van der Waals surface area contributed by atoms with Crippen LogP contribution in [0.25, 0.3) is 0 Å². The van der Waals surface area contributed by atoms with Crippen LogP contribution in [0, 0.1) is 6.92 Å². The van der Waals surface area contributed by atoms with Gasteiger partial charge in [-0.05, 0) is 18.6 Å². The second kappa shape index (κ2) is 3.75. The molecule has 13 heavy (non-hydrogen) atoms. The number of aryl methyl sites for hydroxylation is 1. The van der Waals surface area contributed by atoms with Crippen molar-refractivity contribution in [3.8, 4) is 0 Å². The normalized spacial score (nSPS) is 9.62. The van der Waals surface area contributed by atoms with Crippen molar-refractivity contribution >= 4 is 6.09 Å². The van der Waals surface area contributed by atoms with Crippen LogP contribution in [0.5, 0.6) is 0 Å². The summed E-state index contributed by atoms with van der Waals surface area (Å²) in [5.74, 6) is 0. The molecule has 0 spiro atoms. The number of carbonyl (C=O) groups is 1. The predicted octanol–water partition coefficient (Wildman–Crippen LogP) is 0.451. The first-order valence-electron chi connectivity index (χ1n) is 3.74. The largest absolute Gasteiger partial charge is 0.465 e. The number of amides is 1. The molecule has 1 amide bonds. The van der Waals surface area contributed by atoms with Crippen LogP contribution in [0.1, 0.15) is 11.1 Å². The molecule has 0 bridgehead atoms. The van der Waals surface area contributed by atoms with Crippen LogP contribution >= 0.6 is 0 Å². The molecule has 0 aliphatic rings. The second-order valence-electron chi connectivity index (χ2n) is 2.68. The number of H-pyrrole nitrogens is 1. The van der Waals surface area contributed by atoms with Gasteiger partial charge in [0, 0.05) is 18.3 Å². The Hall–Kier alpha value is -1.78. The van der Waals surface area contributed by atoms with E-state index in [1.807, 2.05) is 0 Å². The van der Waals surface area contributed by atoms with Crippen LogP contribution in [0.15, 0.2) is 17.1 Å². The Kier molecular flexibility index (Phi) is 2.69. The Morgan fingerprint density at radius 1 is 1.69 bits per heavy atom. The van der Waals surface area contributed by atoms with Gasteiger partial charge in [0.05, 0.1) is 0 Å². The van der Waals surface area contributed by atoms with Crippen molar-refractivity contribution in [1.29, 1.82) is 0 Å². The lowest BCUT2D eigenvalue weighted by Gasteiger charge is -2.01. The molecule has 0 aliphatic carbocycles. The maximum atomic E-state index is 10.9. The van der Waals surface area contributed by atoms with E-state index in [2.05, 4.69) is 10.3 Å². The van der Waals surface area contributed by atoms with Gasteiger partial charge < -0.3 is 15.4 Å². The lowest BCUT2D eigenvalue weighted by atomic mass is 10.2. The summed E-state index contributed by atoms with van der Waals surface area (Å²) >= 11 is 0. The van der Waals surface area contributed by atoms with Crippen LogP contribution in [0.4, 0.5) is 4.79 Å². The van der Waals surface area contributed by atoms with E-state index in [0.29, 0.717) is 5.56 Å². The van der Waals surface area contributed by atoms with Crippen molar-refractivity contribution < 1.29 is 9.90 Å². The molecule has 70 valence electrons. The van der Waals surface area contributed by atoms with Crippen LogP contribution in [0.3, 0.4) is 0 Å². The lowest BCUT2D eigenvalue weighted by Crippen LogP contribution is -2.21. The van der Waals surface area contributed by atoms with Gasteiger partial charge in [-0.15, -0.1) is 0 Å². The van der Waals surface area contributed by atoms with E-state index in [0.717, 1.165) is 5.56 Å². The third kappa shape index (κ3) is 2.62. The zero-order valence-electron chi connectivity index (χ0n) is 7.13. The highest BCUT2D eigenvalue weighted by Gasteiger charge is 1.98. The molecule has 0 atom stereocenters. The average molecular weight is 182 g/mol. The molecule has 1 rings (SSSR count). The van der Waals surface area contributed by atoms with E-state index in [9.17, 15) is 9.59 Å². The minimum Gasteiger partial charge on any atom is -0.465 e. The molecule has 0 fully saturated rings. The molecular formula is C8H10N2O3. The molecule has 5 heteroatoms. The Balaban J connectivity index is 2.74. The quantitative estimate of drug-likeness (QED) is 0.621. The van der Waals surface area contributed by atoms with Crippen LogP contribution in [0.2, 0.25) is 0 Å². The molecule has 0 unspecified atom stereocenters. The third-order valence-corrected chi connectivity index (χ3v) is 1.59. The molecule has 1 heterocycles. The molecule has 0 aliphatic heterocycles. The van der Waals surface area contributed by atoms with E-state index in [1.54, 1.807) is 13.0 Å². The Labute approximate surface area is 74.4 Å². The smallest absolute Gasteiger partial charge is 0.404 e. The molecule has 1 aromatic heterocycles. The minimum absolute atomic E-state index is 0.154. The Morgan fingerprint density at radius 3 is 2.92 bits per heavy atom. The van der Waals surface area contributed by atoms with Gasteiger partial charge in [-0.25, -0.2) is 4.79 Å². The highest BCUT2D eigenvalue weighted by Crippen LogP contribution is 1.96. The Morgan fingerprint density at radius 2 is 2.38 bits per heavy atom. The number of hydrogen-bond acceptors (Lipinski definition) is 2. The summed E-state index contributed by atoms with van der Waals surface area (Å²) < 4.78 is 0. The van der Waals surface area contributed by atoms with Crippen LogP contribution in [-0.4, -0.2) is 16.2 Å². The summed E-state index contributed by atoms with van der Waals surface area (Å²) in [5, 5.41) is 10.5. The summed E-state index contributed by atoms with van der Waals surface area (Å²) in [5.41, 5.74) is 1.16. The zero-order valence-corrected chi connectivity index (χ0v) is 7.13. The second-order valence-corrected chi connectivity index (χ2v) is 2.68. The number of carboxylic acid groups (broad SMARTS) is 1. The SMILES string of the molecule is Cc1cc(CNC(=O)O)c[nH]c1=O. The van der Waals surface area contributed by atoms with Crippen molar-refractivity contribution in [1.82, 2.24) is 10.3 Å². The summed E-state index contributed by atoms with van der Waals surface area (Å²) in [6, 6.07) is 1.65.